The molecule has 0 radical (unpaired) electrons. The number of esters is 1. The van der Waals surface area contributed by atoms with Crippen molar-refractivity contribution < 1.29 is 61.6 Å². The second kappa shape index (κ2) is 7.41. The van der Waals surface area contributed by atoms with E-state index in [2.05, 4.69) is 13.9 Å². The fourth-order valence-electron chi connectivity index (χ4n) is 2.84. The quantitative estimate of drug-likeness (QED) is 0.346. The zero-order chi connectivity index (χ0) is 24.2. The molecule has 1 aromatic heterocycles. The number of hydrogen-bond donors (Lipinski definition) is 0. The molecule has 0 spiro atoms. The summed E-state index contributed by atoms with van der Waals surface area (Å²) < 4.78 is 148. The lowest BCUT2D eigenvalue weighted by molar-refractivity contribution is -0.382. The van der Waals surface area contributed by atoms with E-state index in [9.17, 15) is 52.7 Å². The first-order chi connectivity index (χ1) is 13.8. The molecule has 0 fully saturated rings. The van der Waals surface area contributed by atoms with Gasteiger partial charge in [0.25, 0.3) is 0 Å². The minimum Gasteiger partial charge on any atom is -0.469 e. The van der Waals surface area contributed by atoms with E-state index in [1.54, 1.807) is 0 Å². The summed E-state index contributed by atoms with van der Waals surface area (Å²) in [5, 5.41) is -7.00. The molecule has 0 bridgehead atoms. The van der Waals surface area contributed by atoms with E-state index in [1.165, 1.54) is 6.92 Å². The van der Waals surface area contributed by atoms with Crippen LogP contribution in [0.4, 0.5) is 39.5 Å². The van der Waals surface area contributed by atoms with E-state index in [1.807, 2.05) is 0 Å². The second-order valence-corrected chi connectivity index (χ2v) is 8.10. The predicted molar refractivity (Wildman–Crippen MR) is 82.3 cm³/mol. The third-order valence-corrected chi connectivity index (χ3v) is 5.75. The predicted octanol–water partition coefficient (Wildman–Crippen LogP) is 3.41. The third-order valence-electron chi connectivity index (χ3n) is 4.48. The fourth-order valence-corrected chi connectivity index (χ4v) is 3.69. The molecule has 1 atom stereocenters. The number of nitrogens with zero attached hydrogens (tertiary/aromatic N) is 1. The standard InChI is InChI=1S/C15H12F9NO5S/c1-6-9-4-8(11(26)29-2)3-7(9)5-10(25-6)30-31(27,28)15(23,24)13(18,19)12(16,17)14(20,21)22/h5,8H,3-4H2,1-2H3. The highest BCUT2D eigenvalue weighted by molar-refractivity contribution is 7.88. The van der Waals surface area contributed by atoms with Gasteiger partial charge in [-0.15, -0.1) is 0 Å². The highest BCUT2D eigenvalue weighted by atomic mass is 32.2. The Balaban J connectivity index is 2.41. The number of alkyl halides is 9. The third kappa shape index (κ3) is 3.89. The van der Waals surface area contributed by atoms with Crippen LogP contribution in [0.1, 0.15) is 16.8 Å². The zero-order valence-electron chi connectivity index (χ0n) is 15.4. The molecule has 0 N–H and O–H groups in total. The van der Waals surface area contributed by atoms with Gasteiger partial charge in [0.1, 0.15) is 0 Å². The van der Waals surface area contributed by atoms with Gasteiger partial charge >= 0.3 is 39.4 Å². The number of rotatable bonds is 6. The first-order valence-electron chi connectivity index (χ1n) is 8.01. The van der Waals surface area contributed by atoms with Crippen molar-refractivity contribution in [3.63, 3.8) is 0 Å². The molecule has 0 aromatic carbocycles. The molecule has 0 saturated carbocycles. The van der Waals surface area contributed by atoms with Crippen LogP contribution in [0.15, 0.2) is 6.07 Å². The van der Waals surface area contributed by atoms with E-state index < -0.39 is 51.2 Å². The van der Waals surface area contributed by atoms with Crippen molar-refractivity contribution in [2.24, 2.45) is 5.92 Å². The number of carbonyl (C=O) groups excluding carboxylic acids is 1. The van der Waals surface area contributed by atoms with E-state index >= 15 is 0 Å². The number of aryl methyl sites for hydroxylation is 1. The van der Waals surface area contributed by atoms with Crippen LogP contribution < -0.4 is 4.18 Å². The molecular weight excluding hydrogens is 477 g/mol. The molecule has 0 amide bonds. The Kier molecular flexibility index (Phi) is 5.98. The van der Waals surface area contributed by atoms with Crippen LogP contribution in [0.5, 0.6) is 5.88 Å². The summed E-state index contributed by atoms with van der Waals surface area (Å²) in [6.45, 7) is 1.21. The topological polar surface area (TPSA) is 82.6 Å². The maximum atomic E-state index is 13.7. The minimum absolute atomic E-state index is 0.0555. The van der Waals surface area contributed by atoms with E-state index in [0.717, 1.165) is 7.11 Å². The van der Waals surface area contributed by atoms with Crippen LogP contribution in [0.2, 0.25) is 0 Å². The minimum atomic E-state index is -7.42. The Morgan fingerprint density at radius 1 is 1.03 bits per heavy atom. The first-order valence-corrected chi connectivity index (χ1v) is 9.42. The highest BCUT2D eigenvalue weighted by Crippen LogP contribution is 2.55. The van der Waals surface area contributed by atoms with Gasteiger partial charge in [-0.25, -0.2) is 4.98 Å². The number of hydrogen-bond acceptors (Lipinski definition) is 6. The number of halogens is 9. The summed E-state index contributed by atoms with van der Waals surface area (Å²) >= 11 is 0. The molecular formula is C15H12F9NO5S. The number of ether oxygens (including phenoxy) is 1. The molecule has 2 rings (SSSR count). The maximum Gasteiger partial charge on any atom is 0.460 e. The largest absolute Gasteiger partial charge is 0.469 e. The van der Waals surface area contributed by atoms with Crippen LogP contribution in [-0.4, -0.2) is 49.8 Å². The van der Waals surface area contributed by atoms with Crippen LogP contribution in [0.3, 0.4) is 0 Å². The van der Waals surface area contributed by atoms with E-state index in [0.29, 0.717) is 11.6 Å². The van der Waals surface area contributed by atoms with Crippen molar-refractivity contribution >= 4 is 16.1 Å². The van der Waals surface area contributed by atoms with Crippen molar-refractivity contribution in [1.29, 1.82) is 0 Å². The summed E-state index contributed by atoms with van der Waals surface area (Å²) in [6, 6.07) is 0.666. The lowest BCUT2D eigenvalue weighted by Crippen LogP contribution is -2.63. The van der Waals surface area contributed by atoms with Gasteiger partial charge in [0.2, 0.25) is 5.88 Å². The zero-order valence-corrected chi connectivity index (χ0v) is 16.2. The summed E-state index contributed by atoms with van der Waals surface area (Å²) in [6.07, 6.45) is -7.25. The maximum absolute atomic E-state index is 13.7. The molecule has 1 aliphatic rings. The lowest BCUT2D eigenvalue weighted by Gasteiger charge is -2.32. The monoisotopic (exact) mass is 489 g/mol. The average Bonchev–Trinajstić information content (AvgIpc) is 3.03. The van der Waals surface area contributed by atoms with Gasteiger partial charge in [0, 0.05) is 11.8 Å². The SMILES string of the molecule is COC(=O)C1Cc2cc(OS(=O)(=O)C(F)(F)C(F)(F)C(F)(F)C(F)(F)F)nc(C)c2C1. The molecule has 0 saturated heterocycles. The molecule has 1 aromatic rings. The average molecular weight is 489 g/mol. The smallest absolute Gasteiger partial charge is 0.460 e. The van der Waals surface area contributed by atoms with E-state index in [4.69, 9.17) is 0 Å². The normalized spacial score (nSPS) is 18.0. The Morgan fingerprint density at radius 2 is 1.58 bits per heavy atom. The Hall–Kier alpha value is -2.26. The first kappa shape index (κ1) is 25.0. The number of fused-ring (bicyclic) bond motifs is 1. The van der Waals surface area contributed by atoms with Gasteiger partial charge < -0.3 is 8.92 Å². The number of pyridine rings is 1. The Morgan fingerprint density at radius 3 is 2.06 bits per heavy atom. The van der Waals surface area contributed by atoms with Crippen LogP contribution in [0, 0.1) is 12.8 Å². The van der Waals surface area contributed by atoms with Crippen LogP contribution in [0.25, 0.3) is 0 Å². The second-order valence-electron chi connectivity index (χ2n) is 6.51. The van der Waals surface area contributed by atoms with Gasteiger partial charge in [0.15, 0.2) is 0 Å². The van der Waals surface area contributed by atoms with Crippen molar-refractivity contribution in [2.75, 3.05) is 7.11 Å². The summed E-state index contributed by atoms with van der Waals surface area (Å²) in [5.41, 5.74) is 0.412. The molecule has 176 valence electrons. The summed E-state index contributed by atoms with van der Waals surface area (Å²) in [7, 11) is -6.02. The van der Waals surface area contributed by atoms with Crippen molar-refractivity contribution in [3.05, 3.63) is 22.9 Å². The molecule has 6 nitrogen and oxygen atoms in total. The molecule has 16 heteroatoms. The fraction of sp³-hybridized carbons (Fsp3) is 0.600. The number of methoxy groups -OCH3 is 1. The van der Waals surface area contributed by atoms with Crippen molar-refractivity contribution in [1.82, 2.24) is 4.98 Å². The number of carbonyl (C=O) groups is 1. The summed E-state index contributed by atoms with van der Waals surface area (Å²) in [4.78, 5) is 15.0. The van der Waals surface area contributed by atoms with Crippen molar-refractivity contribution in [3.8, 4) is 5.88 Å². The van der Waals surface area contributed by atoms with Crippen molar-refractivity contribution in [2.45, 2.75) is 43.0 Å². The molecule has 31 heavy (non-hydrogen) atoms. The molecule has 1 aliphatic carbocycles. The van der Waals surface area contributed by atoms with Gasteiger partial charge in [-0.1, -0.05) is 0 Å². The molecule has 0 aliphatic heterocycles. The van der Waals surface area contributed by atoms with Gasteiger partial charge in [-0.2, -0.15) is 47.9 Å². The van der Waals surface area contributed by atoms with Gasteiger partial charge in [0.05, 0.1) is 13.0 Å². The van der Waals surface area contributed by atoms with Gasteiger partial charge in [-0.05, 0) is 30.9 Å². The highest BCUT2D eigenvalue weighted by Gasteiger charge is 2.86. The Labute approximate surface area is 168 Å². The number of aromatic nitrogens is 1. The van der Waals surface area contributed by atoms with E-state index in [-0.39, 0.29) is 24.1 Å². The molecule has 1 unspecified atom stereocenters. The lowest BCUT2D eigenvalue weighted by atomic mass is 10.1. The van der Waals surface area contributed by atoms with Gasteiger partial charge in [-0.3, -0.25) is 4.79 Å². The Bertz CT molecular complexity index is 991. The summed E-state index contributed by atoms with van der Waals surface area (Å²) in [5.74, 6) is -17.5. The van der Waals surface area contributed by atoms with Crippen LogP contribution in [-0.2, 0) is 32.5 Å². The molecule has 1 heterocycles. The van der Waals surface area contributed by atoms with Crippen LogP contribution >= 0.6 is 0 Å².